The molecule has 0 aliphatic carbocycles. The van der Waals surface area contributed by atoms with Crippen LogP contribution >= 0.6 is 0 Å². The molecule has 3 nitrogen and oxygen atoms in total. The van der Waals surface area contributed by atoms with Crippen molar-refractivity contribution in [2.75, 3.05) is 11.1 Å². The SMILES string of the molecule is CC(C)c1cc(Cc2cc(C(C)C)c(NC(C)c3ccc(O)cc3)c(C(C)C)c2)cc(C(C)C)c1N. The lowest BCUT2D eigenvalue weighted by molar-refractivity contribution is 0.475. The van der Waals surface area contributed by atoms with Crippen molar-refractivity contribution in [2.24, 2.45) is 0 Å². The van der Waals surface area contributed by atoms with E-state index < -0.39 is 0 Å². The van der Waals surface area contributed by atoms with E-state index in [4.69, 9.17) is 5.73 Å². The van der Waals surface area contributed by atoms with E-state index in [2.05, 4.69) is 91.9 Å². The molecule has 3 aromatic rings. The summed E-state index contributed by atoms with van der Waals surface area (Å²) in [5, 5.41) is 13.5. The van der Waals surface area contributed by atoms with Crippen LogP contribution < -0.4 is 11.1 Å². The van der Waals surface area contributed by atoms with E-state index in [0.717, 1.165) is 17.7 Å². The molecule has 4 N–H and O–H groups in total. The van der Waals surface area contributed by atoms with Gasteiger partial charge in [-0.15, -0.1) is 0 Å². The van der Waals surface area contributed by atoms with Crippen LogP contribution in [0.1, 0.15) is 131 Å². The number of rotatable bonds is 9. The number of hydrogen-bond donors (Lipinski definition) is 3. The standard InChI is InChI=1S/C33H46N2O/c1-19(2)28-15-24(16-29(20(3)4)32(28)34)14-25-17-30(21(5)6)33(31(18-25)22(7)8)35-23(9)26-10-12-27(36)13-11-26/h10-13,15-23,35-36H,14,34H2,1-9H3. The Kier molecular flexibility index (Phi) is 8.76. The third kappa shape index (κ3) is 6.24. The fourth-order valence-corrected chi connectivity index (χ4v) is 5.05. The van der Waals surface area contributed by atoms with Gasteiger partial charge in [0.15, 0.2) is 0 Å². The van der Waals surface area contributed by atoms with Gasteiger partial charge in [0.25, 0.3) is 0 Å². The zero-order valence-corrected chi connectivity index (χ0v) is 23.7. The van der Waals surface area contributed by atoms with Gasteiger partial charge in [0, 0.05) is 17.4 Å². The van der Waals surface area contributed by atoms with Crippen LogP contribution in [0.4, 0.5) is 11.4 Å². The first-order chi connectivity index (χ1) is 16.9. The zero-order chi connectivity index (χ0) is 26.7. The summed E-state index contributed by atoms with van der Waals surface area (Å²) in [5.41, 5.74) is 17.8. The van der Waals surface area contributed by atoms with E-state index in [9.17, 15) is 5.11 Å². The molecule has 0 aliphatic rings. The maximum atomic E-state index is 9.70. The Bertz CT molecular complexity index is 1110. The summed E-state index contributed by atoms with van der Waals surface area (Å²) < 4.78 is 0. The van der Waals surface area contributed by atoms with Crippen molar-refractivity contribution in [3.63, 3.8) is 0 Å². The van der Waals surface area contributed by atoms with Gasteiger partial charge in [0.2, 0.25) is 0 Å². The van der Waals surface area contributed by atoms with Crippen LogP contribution in [0.2, 0.25) is 0 Å². The number of phenolic OH excluding ortho intramolecular Hbond substituents is 1. The number of aromatic hydroxyl groups is 1. The summed E-state index contributed by atoms with van der Waals surface area (Å²) in [4.78, 5) is 0. The summed E-state index contributed by atoms with van der Waals surface area (Å²) in [6, 6.07) is 17.0. The van der Waals surface area contributed by atoms with Crippen LogP contribution in [-0.2, 0) is 6.42 Å². The number of nitrogen functional groups attached to an aromatic ring is 1. The summed E-state index contributed by atoms with van der Waals surface area (Å²) in [6.45, 7) is 20.2. The number of nitrogens with two attached hydrogens (primary N) is 1. The van der Waals surface area contributed by atoms with Gasteiger partial charge in [-0.1, -0.05) is 91.8 Å². The molecule has 0 bridgehead atoms. The van der Waals surface area contributed by atoms with Crippen LogP contribution in [-0.4, -0.2) is 5.11 Å². The van der Waals surface area contributed by atoms with Crippen molar-refractivity contribution < 1.29 is 5.11 Å². The summed E-state index contributed by atoms with van der Waals surface area (Å²) in [5.74, 6) is 1.87. The van der Waals surface area contributed by atoms with E-state index in [1.165, 1.54) is 39.1 Å². The quantitative estimate of drug-likeness (QED) is 0.264. The van der Waals surface area contributed by atoms with Crippen LogP contribution in [0, 0.1) is 0 Å². The Morgan fingerprint density at radius 2 is 1.03 bits per heavy atom. The second-order valence-electron chi connectivity index (χ2n) is 11.6. The third-order valence-electron chi connectivity index (χ3n) is 7.21. The molecule has 0 saturated carbocycles. The van der Waals surface area contributed by atoms with Gasteiger partial charge in [-0.05, 0) is 88.1 Å². The second kappa shape index (κ2) is 11.4. The fraction of sp³-hybridized carbons (Fsp3) is 0.455. The predicted molar refractivity (Wildman–Crippen MR) is 157 cm³/mol. The predicted octanol–water partition coefficient (Wildman–Crippen LogP) is 9.23. The van der Waals surface area contributed by atoms with E-state index >= 15 is 0 Å². The normalized spacial score (nSPS) is 12.7. The molecule has 0 aliphatic heterocycles. The number of hydrogen-bond acceptors (Lipinski definition) is 3. The van der Waals surface area contributed by atoms with Gasteiger partial charge in [-0.25, -0.2) is 0 Å². The topological polar surface area (TPSA) is 58.3 Å². The fourth-order valence-electron chi connectivity index (χ4n) is 5.05. The lowest BCUT2D eigenvalue weighted by Crippen LogP contribution is -2.13. The molecule has 36 heavy (non-hydrogen) atoms. The minimum atomic E-state index is 0.130. The van der Waals surface area contributed by atoms with Gasteiger partial charge in [-0.2, -0.15) is 0 Å². The molecule has 3 heteroatoms. The molecule has 0 amide bonds. The lowest BCUT2D eigenvalue weighted by atomic mass is 9.86. The highest BCUT2D eigenvalue weighted by Gasteiger charge is 2.20. The zero-order valence-electron chi connectivity index (χ0n) is 23.7. The number of benzene rings is 3. The average molecular weight is 487 g/mol. The van der Waals surface area contributed by atoms with E-state index in [1.807, 2.05) is 12.1 Å². The van der Waals surface area contributed by atoms with Gasteiger partial charge >= 0.3 is 0 Å². The van der Waals surface area contributed by atoms with Gasteiger partial charge < -0.3 is 16.2 Å². The summed E-state index contributed by atoms with van der Waals surface area (Å²) >= 11 is 0. The molecule has 0 heterocycles. The summed E-state index contributed by atoms with van der Waals surface area (Å²) in [7, 11) is 0. The maximum Gasteiger partial charge on any atom is 0.115 e. The van der Waals surface area contributed by atoms with Crippen molar-refractivity contribution in [1.29, 1.82) is 0 Å². The Balaban J connectivity index is 2.06. The number of anilines is 2. The van der Waals surface area contributed by atoms with Crippen molar-refractivity contribution in [3.8, 4) is 5.75 Å². The minimum Gasteiger partial charge on any atom is -0.508 e. The molecule has 3 aromatic carbocycles. The second-order valence-corrected chi connectivity index (χ2v) is 11.6. The van der Waals surface area contributed by atoms with Gasteiger partial charge in [0.1, 0.15) is 5.75 Å². The van der Waals surface area contributed by atoms with Crippen molar-refractivity contribution in [1.82, 2.24) is 0 Å². The number of nitrogens with one attached hydrogen (secondary N) is 1. The highest BCUT2D eigenvalue weighted by molar-refractivity contribution is 5.64. The molecular formula is C33H46N2O. The Hall–Kier alpha value is -2.94. The highest BCUT2D eigenvalue weighted by atomic mass is 16.3. The summed E-state index contributed by atoms with van der Waals surface area (Å²) in [6.07, 6.45) is 0.896. The number of phenols is 1. The Labute approximate surface area is 219 Å². The van der Waals surface area contributed by atoms with E-state index in [1.54, 1.807) is 12.1 Å². The monoisotopic (exact) mass is 486 g/mol. The van der Waals surface area contributed by atoms with E-state index in [-0.39, 0.29) is 6.04 Å². The van der Waals surface area contributed by atoms with Gasteiger partial charge in [-0.3, -0.25) is 0 Å². The average Bonchev–Trinajstić information content (AvgIpc) is 2.80. The van der Waals surface area contributed by atoms with Crippen molar-refractivity contribution in [2.45, 2.75) is 98.4 Å². The molecule has 0 fully saturated rings. The Morgan fingerprint density at radius 3 is 1.42 bits per heavy atom. The van der Waals surface area contributed by atoms with Crippen LogP contribution in [0.15, 0.2) is 48.5 Å². The Morgan fingerprint density at radius 1 is 0.639 bits per heavy atom. The van der Waals surface area contributed by atoms with Crippen molar-refractivity contribution in [3.05, 3.63) is 87.5 Å². The first-order valence-corrected chi connectivity index (χ1v) is 13.5. The van der Waals surface area contributed by atoms with E-state index in [0.29, 0.717) is 29.4 Å². The molecule has 1 atom stereocenters. The highest BCUT2D eigenvalue weighted by Crippen LogP contribution is 2.38. The molecule has 1 unspecified atom stereocenters. The molecule has 0 radical (unpaired) electrons. The van der Waals surface area contributed by atoms with Gasteiger partial charge in [0.05, 0.1) is 0 Å². The largest absolute Gasteiger partial charge is 0.508 e. The first kappa shape index (κ1) is 27.6. The molecular weight excluding hydrogens is 440 g/mol. The molecule has 0 aromatic heterocycles. The smallest absolute Gasteiger partial charge is 0.115 e. The van der Waals surface area contributed by atoms with Crippen LogP contribution in [0.25, 0.3) is 0 Å². The molecule has 0 saturated heterocycles. The van der Waals surface area contributed by atoms with Crippen LogP contribution in [0.3, 0.4) is 0 Å². The molecule has 0 spiro atoms. The molecule has 3 rings (SSSR count). The van der Waals surface area contributed by atoms with Crippen LogP contribution in [0.5, 0.6) is 5.75 Å². The van der Waals surface area contributed by atoms with Crippen molar-refractivity contribution >= 4 is 11.4 Å². The maximum absolute atomic E-state index is 9.70. The lowest BCUT2D eigenvalue weighted by Gasteiger charge is -2.26. The molecule has 194 valence electrons. The first-order valence-electron chi connectivity index (χ1n) is 13.5. The minimum absolute atomic E-state index is 0.130. The third-order valence-corrected chi connectivity index (χ3v) is 7.21.